The van der Waals surface area contributed by atoms with Gasteiger partial charge in [0.1, 0.15) is 5.75 Å². The Morgan fingerprint density at radius 1 is 1.39 bits per heavy atom. The molecule has 0 saturated heterocycles. The van der Waals surface area contributed by atoms with Crippen LogP contribution < -0.4 is 4.74 Å². The van der Waals surface area contributed by atoms with E-state index in [2.05, 4.69) is 10.3 Å². The Balaban J connectivity index is 1.92. The number of benzene rings is 1. The zero-order valence-corrected chi connectivity index (χ0v) is 11.1. The van der Waals surface area contributed by atoms with E-state index in [4.69, 9.17) is 27.9 Å². The van der Waals surface area contributed by atoms with Crippen molar-refractivity contribution in [3.8, 4) is 5.75 Å². The molecule has 4 nitrogen and oxygen atoms in total. The number of hydrogen-bond acceptors (Lipinski definition) is 3. The normalized spacial score (nSPS) is 13.4. The van der Waals surface area contributed by atoms with Gasteiger partial charge in [-0.05, 0) is 17.7 Å². The summed E-state index contributed by atoms with van der Waals surface area (Å²) in [4.78, 5) is 0. The highest BCUT2D eigenvalue weighted by Crippen LogP contribution is 2.33. The molecule has 1 aliphatic rings. The highest BCUT2D eigenvalue weighted by molar-refractivity contribution is 6.30. The van der Waals surface area contributed by atoms with Gasteiger partial charge in [0.25, 0.3) is 0 Å². The Morgan fingerprint density at radius 3 is 3.06 bits per heavy atom. The zero-order chi connectivity index (χ0) is 12.5. The number of halogens is 2. The summed E-state index contributed by atoms with van der Waals surface area (Å²) < 4.78 is 7.39. The number of ether oxygens (including phenoxy) is 1. The highest BCUT2D eigenvalue weighted by Gasteiger charge is 2.18. The van der Waals surface area contributed by atoms with Crippen molar-refractivity contribution in [2.45, 2.75) is 18.8 Å². The molecule has 6 heteroatoms. The van der Waals surface area contributed by atoms with Gasteiger partial charge >= 0.3 is 0 Å². The van der Waals surface area contributed by atoms with Crippen LogP contribution in [0.15, 0.2) is 18.3 Å². The van der Waals surface area contributed by atoms with Gasteiger partial charge in [-0.3, -0.25) is 0 Å². The van der Waals surface area contributed by atoms with Crippen LogP contribution in [0.5, 0.6) is 5.75 Å². The van der Waals surface area contributed by atoms with Crippen LogP contribution >= 0.6 is 23.2 Å². The Kier molecular flexibility index (Phi) is 3.14. The molecule has 0 amide bonds. The van der Waals surface area contributed by atoms with Crippen molar-refractivity contribution in [1.82, 2.24) is 15.0 Å². The maximum Gasteiger partial charge on any atom is 0.127 e. The maximum atomic E-state index is 6.11. The molecule has 1 aromatic carbocycles. The lowest BCUT2D eigenvalue weighted by atomic mass is 10.1. The molecule has 0 saturated carbocycles. The van der Waals surface area contributed by atoms with E-state index in [1.807, 2.05) is 18.3 Å². The summed E-state index contributed by atoms with van der Waals surface area (Å²) in [5.74, 6) is 1.30. The molecule has 0 atom stereocenters. The van der Waals surface area contributed by atoms with Crippen LogP contribution in [0.4, 0.5) is 0 Å². The average Bonchev–Trinajstić information content (AvgIpc) is 2.97. The summed E-state index contributed by atoms with van der Waals surface area (Å²) in [6, 6.07) is 3.87. The highest BCUT2D eigenvalue weighted by atomic mass is 35.5. The van der Waals surface area contributed by atoms with Crippen LogP contribution in [0.3, 0.4) is 0 Å². The largest absolute Gasteiger partial charge is 0.493 e. The molecule has 94 valence electrons. The van der Waals surface area contributed by atoms with E-state index >= 15 is 0 Å². The Morgan fingerprint density at radius 2 is 2.28 bits per heavy atom. The summed E-state index contributed by atoms with van der Waals surface area (Å²) in [5, 5.41) is 8.70. The molecule has 0 bridgehead atoms. The molecule has 0 spiro atoms. The van der Waals surface area contributed by atoms with Gasteiger partial charge in [-0.25, -0.2) is 4.68 Å². The van der Waals surface area contributed by atoms with Crippen LogP contribution in [-0.2, 0) is 18.8 Å². The second kappa shape index (κ2) is 4.78. The van der Waals surface area contributed by atoms with Crippen molar-refractivity contribution < 1.29 is 4.74 Å². The molecular formula is C12H11Cl2N3O. The minimum atomic E-state index is 0.365. The Hall–Kier alpha value is -1.26. The van der Waals surface area contributed by atoms with Gasteiger partial charge in [-0.2, -0.15) is 0 Å². The van der Waals surface area contributed by atoms with Gasteiger partial charge in [-0.15, -0.1) is 16.7 Å². The van der Waals surface area contributed by atoms with Crippen LogP contribution in [0.1, 0.15) is 16.8 Å². The van der Waals surface area contributed by atoms with Crippen LogP contribution in [0.25, 0.3) is 0 Å². The van der Waals surface area contributed by atoms with Gasteiger partial charge in [0.2, 0.25) is 0 Å². The first-order valence-corrected chi connectivity index (χ1v) is 6.56. The second-order valence-corrected chi connectivity index (χ2v) is 4.90. The van der Waals surface area contributed by atoms with E-state index in [9.17, 15) is 0 Å². The fourth-order valence-corrected chi connectivity index (χ4v) is 2.50. The number of hydrogen-bond donors (Lipinski definition) is 0. The van der Waals surface area contributed by atoms with E-state index < -0.39 is 0 Å². The second-order valence-electron chi connectivity index (χ2n) is 4.19. The lowest BCUT2D eigenvalue weighted by Crippen LogP contribution is -2.02. The SMILES string of the molecule is ClCc1cn(Cc2cc(Cl)cc3c2OCC3)nn1. The van der Waals surface area contributed by atoms with Gasteiger partial charge in [0, 0.05) is 17.0 Å². The van der Waals surface area contributed by atoms with E-state index in [0.29, 0.717) is 19.0 Å². The smallest absolute Gasteiger partial charge is 0.127 e. The van der Waals surface area contributed by atoms with Crippen molar-refractivity contribution in [2.75, 3.05) is 6.61 Å². The third-order valence-corrected chi connectivity index (χ3v) is 3.37. The fourth-order valence-electron chi connectivity index (χ4n) is 2.12. The maximum absolute atomic E-state index is 6.11. The zero-order valence-electron chi connectivity index (χ0n) is 9.57. The molecule has 1 aliphatic heterocycles. The van der Waals surface area contributed by atoms with Gasteiger partial charge in [-0.1, -0.05) is 16.8 Å². The van der Waals surface area contributed by atoms with Crippen molar-refractivity contribution in [2.24, 2.45) is 0 Å². The number of nitrogens with zero attached hydrogens (tertiary/aromatic N) is 3. The standard InChI is InChI=1S/C12H11Cl2N3O/c13-5-11-7-17(16-15-11)6-9-4-10(14)3-8-1-2-18-12(8)9/h3-4,7H,1-2,5-6H2. The molecule has 0 N–H and O–H groups in total. The first-order valence-electron chi connectivity index (χ1n) is 5.65. The summed E-state index contributed by atoms with van der Waals surface area (Å²) >= 11 is 11.8. The molecular weight excluding hydrogens is 273 g/mol. The van der Waals surface area contributed by atoms with Gasteiger partial charge < -0.3 is 4.74 Å². The van der Waals surface area contributed by atoms with Crippen molar-refractivity contribution in [1.29, 1.82) is 0 Å². The fraction of sp³-hybridized carbons (Fsp3) is 0.333. The van der Waals surface area contributed by atoms with Crippen LogP contribution in [0.2, 0.25) is 5.02 Å². The Labute approximate surface area is 114 Å². The average molecular weight is 284 g/mol. The molecule has 18 heavy (non-hydrogen) atoms. The van der Waals surface area contributed by atoms with Crippen molar-refractivity contribution in [3.63, 3.8) is 0 Å². The minimum Gasteiger partial charge on any atom is -0.493 e. The first kappa shape index (κ1) is 11.8. The predicted molar refractivity (Wildman–Crippen MR) is 69.3 cm³/mol. The summed E-state index contributed by atoms with van der Waals surface area (Å²) in [5.41, 5.74) is 2.95. The predicted octanol–water partition coefficient (Wildman–Crippen LogP) is 2.65. The van der Waals surface area contributed by atoms with Crippen LogP contribution in [-0.4, -0.2) is 21.6 Å². The molecule has 0 unspecified atom stereocenters. The number of alkyl halides is 1. The van der Waals surface area contributed by atoms with E-state index in [1.54, 1.807) is 4.68 Å². The lowest BCUT2D eigenvalue weighted by molar-refractivity contribution is 0.352. The minimum absolute atomic E-state index is 0.365. The van der Waals surface area contributed by atoms with E-state index in [-0.39, 0.29) is 0 Å². The van der Waals surface area contributed by atoms with Gasteiger partial charge in [0.15, 0.2) is 0 Å². The first-order chi connectivity index (χ1) is 8.76. The third kappa shape index (κ3) is 2.18. The van der Waals surface area contributed by atoms with Gasteiger partial charge in [0.05, 0.1) is 30.9 Å². The number of fused-ring (bicyclic) bond motifs is 1. The summed E-state index contributed by atoms with van der Waals surface area (Å²) in [7, 11) is 0. The molecule has 0 aliphatic carbocycles. The van der Waals surface area contributed by atoms with E-state index in [0.717, 1.165) is 34.0 Å². The number of aromatic nitrogens is 3. The quantitative estimate of drug-likeness (QED) is 0.813. The Bertz CT molecular complexity index is 583. The molecule has 1 aromatic heterocycles. The van der Waals surface area contributed by atoms with Crippen LogP contribution in [0, 0.1) is 0 Å². The summed E-state index contributed by atoms with van der Waals surface area (Å²) in [6.07, 6.45) is 2.74. The monoisotopic (exact) mass is 283 g/mol. The molecule has 0 radical (unpaired) electrons. The molecule has 3 rings (SSSR count). The van der Waals surface area contributed by atoms with Crippen molar-refractivity contribution in [3.05, 3.63) is 40.2 Å². The van der Waals surface area contributed by atoms with E-state index in [1.165, 1.54) is 0 Å². The summed E-state index contributed by atoms with van der Waals surface area (Å²) in [6.45, 7) is 1.31. The molecule has 2 aromatic rings. The van der Waals surface area contributed by atoms with Crippen molar-refractivity contribution >= 4 is 23.2 Å². The lowest BCUT2D eigenvalue weighted by Gasteiger charge is -2.08. The molecule has 0 fully saturated rings. The third-order valence-electron chi connectivity index (χ3n) is 2.88. The topological polar surface area (TPSA) is 39.9 Å². The number of rotatable bonds is 3. The molecule has 2 heterocycles.